The molecule has 0 fully saturated rings. The summed E-state index contributed by atoms with van der Waals surface area (Å²) in [4.78, 5) is 23.9. The second-order valence-corrected chi connectivity index (χ2v) is 6.29. The lowest BCUT2D eigenvalue weighted by Crippen LogP contribution is -2.16. The molecule has 1 aromatic carbocycles. The van der Waals surface area contributed by atoms with Gasteiger partial charge in [0.2, 0.25) is 0 Å². The predicted octanol–water partition coefficient (Wildman–Crippen LogP) is 3.32. The third-order valence-corrected chi connectivity index (χ3v) is 4.65. The van der Waals surface area contributed by atoms with Crippen molar-refractivity contribution in [2.75, 3.05) is 6.61 Å². The van der Waals surface area contributed by atoms with Crippen LogP contribution >= 0.6 is 0 Å². The van der Waals surface area contributed by atoms with E-state index < -0.39 is 18.2 Å². The first-order valence-corrected chi connectivity index (χ1v) is 8.51. The van der Waals surface area contributed by atoms with E-state index in [0.29, 0.717) is 17.8 Å². The molecule has 5 heteroatoms. The molecule has 5 nitrogen and oxygen atoms in total. The third-order valence-electron chi connectivity index (χ3n) is 4.65. The van der Waals surface area contributed by atoms with Crippen LogP contribution in [0.15, 0.2) is 41.7 Å². The number of carbonyl (C=O) groups excluding carboxylic acids is 2. The Morgan fingerprint density at radius 3 is 2.84 bits per heavy atom. The Hall–Kier alpha value is -2.56. The van der Waals surface area contributed by atoms with Crippen molar-refractivity contribution >= 4 is 11.9 Å². The summed E-state index contributed by atoms with van der Waals surface area (Å²) in [6.07, 6.45) is 3.94. The molecule has 2 atom stereocenters. The SMILES string of the molecule is CCOC(=O)/C(=C/OC1C=C(C)C(=O)O1)C1CCc2c(C)cccc21. The van der Waals surface area contributed by atoms with Gasteiger partial charge in [0.15, 0.2) is 0 Å². The molecule has 3 rings (SSSR count). The van der Waals surface area contributed by atoms with Gasteiger partial charge in [-0.3, -0.25) is 0 Å². The number of fused-ring (bicyclic) bond motifs is 1. The monoisotopic (exact) mass is 342 g/mol. The molecular formula is C20H22O5. The van der Waals surface area contributed by atoms with Crippen LogP contribution in [-0.4, -0.2) is 24.8 Å². The van der Waals surface area contributed by atoms with E-state index in [9.17, 15) is 9.59 Å². The van der Waals surface area contributed by atoms with Crippen LogP contribution in [0.4, 0.5) is 0 Å². The third kappa shape index (κ3) is 3.45. The minimum Gasteiger partial charge on any atom is -0.463 e. The topological polar surface area (TPSA) is 61.8 Å². The summed E-state index contributed by atoms with van der Waals surface area (Å²) in [5.74, 6) is -0.874. The second kappa shape index (κ2) is 7.13. The van der Waals surface area contributed by atoms with Gasteiger partial charge in [0.1, 0.15) is 0 Å². The average molecular weight is 342 g/mol. The summed E-state index contributed by atoms with van der Waals surface area (Å²) in [7, 11) is 0. The maximum atomic E-state index is 12.5. The second-order valence-electron chi connectivity index (χ2n) is 6.29. The lowest BCUT2D eigenvalue weighted by atomic mass is 9.92. The lowest BCUT2D eigenvalue weighted by Gasteiger charge is -2.17. The number of hydrogen-bond acceptors (Lipinski definition) is 5. The van der Waals surface area contributed by atoms with Gasteiger partial charge in [0.25, 0.3) is 6.29 Å². The van der Waals surface area contributed by atoms with Gasteiger partial charge in [0.05, 0.1) is 18.4 Å². The first-order valence-electron chi connectivity index (χ1n) is 8.51. The minimum atomic E-state index is -0.796. The molecule has 1 heterocycles. The van der Waals surface area contributed by atoms with Crippen molar-refractivity contribution in [3.63, 3.8) is 0 Å². The number of carbonyl (C=O) groups is 2. The molecule has 0 amide bonds. The molecule has 25 heavy (non-hydrogen) atoms. The molecule has 0 saturated carbocycles. The smallest absolute Gasteiger partial charge is 0.337 e. The van der Waals surface area contributed by atoms with E-state index in [0.717, 1.165) is 18.4 Å². The van der Waals surface area contributed by atoms with E-state index >= 15 is 0 Å². The summed E-state index contributed by atoms with van der Waals surface area (Å²) in [5, 5.41) is 0. The zero-order chi connectivity index (χ0) is 18.0. The summed E-state index contributed by atoms with van der Waals surface area (Å²) in [5.41, 5.74) is 4.61. The van der Waals surface area contributed by atoms with E-state index in [1.54, 1.807) is 19.9 Å². The van der Waals surface area contributed by atoms with Gasteiger partial charge in [-0.15, -0.1) is 0 Å². The van der Waals surface area contributed by atoms with Crippen LogP contribution in [0.25, 0.3) is 0 Å². The van der Waals surface area contributed by atoms with E-state index in [4.69, 9.17) is 14.2 Å². The van der Waals surface area contributed by atoms with Crippen molar-refractivity contribution in [2.24, 2.45) is 0 Å². The van der Waals surface area contributed by atoms with Crippen LogP contribution in [0.5, 0.6) is 0 Å². The standard InChI is InChI=1S/C20H22O5/c1-4-23-20(22)17(11-24-18-10-13(3)19(21)25-18)16-9-8-14-12(2)6-5-7-15(14)16/h5-7,10-11,16,18H,4,8-9H2,1-3H3/b17-11+. The summed E-state index contributed by atoms with van der Waals surface area (Å²) in [6.45, 7) is 5.81. The Labute approximate surface area is 147 Å². The van der Waals surface area contributed by atoms with Crippen molar-refractivity contribution < 1.29 is 23.8 Å². The lowest BCUT2D eigenvalue weighted by molar-refractivity contribution is -0.152. The number of cyclic esters (lactones) is 1. The first kappa shape index (κ1) is 17.3. The molecule has 0 spiro atoms. The number of ether oxygens (including phenoxy) is 3. The molecule has 0 radical (unpaired) electrons. The number of aryl methyl sites for hydroxylation is 1. The highest BCUT2D eigenvalue weighted by Gasteiger charge is 2.32. The maximum absolute atomic E-state index is 12.5. The molecule has 0 bridgehead atoms. The van der Waals surface area contributed by atoms with Crippen molar-refractivity contribution in [1.82, 2.24) is 0 Å². The van der Waals surface area contributed by atoms with Crippen molar-refractivity contribution in [2.45, 2.75) is 45.8 Å². The molecule has 2 aliphatic rings. The molecule has 0 saturated heterocycles. The van der Waals surface area contributed by atoms with Gasteiger partial charge in [-0.25, -0.2) is 9.59 Å². The molecule has 1 aromatic rings. The Kier molecular flexibility index (Phi) is 4.93. The number of hydrogen-bond donors (Lipinski definition) is 0. The highest BCUT2D eigenvalue weighted by molar-refractivity contribution is 5.91. The Bertz CT molecular complexity index is 759. The molecule has 1 aliphatic heterocycles. The molecule has 0 aromatic heterocycles. The van der Waals surface area contributed by atoms with E-state index in [2.05, 4.69) is 13.0 Å². The van der Waals surface area contributed by atoms with Crippen LogP contribution in [0, 0.1) is 6.92 Å². The normalized spacial score (nSPS) is 22.3. The zero-order valence-electron chi connectivity index (χ0n) is 14.7. The highest BCUT2D eigenvalue weighted by Crippen LogP contribution is 2.40. The fourth-order valence-electron chi connectivity index (χ4n) is 3.36. The van der Waals surface area contributed by atoms with Gasteiger partial charge >= 0.3 is 11.9 Å². The Morgan fingerprint density at radius 1 is 1.36 bits per heavy atom. The van der Waals surface area contributed by atoms with Crippen molar-refractivity contribution in [3.05, 3.63) is 58.4 Å². The first-order chi connectivity index (χ1) is 12.0. The molecule has 2 unspecified atom stereocenters. The van der Waals surface area contributed by atoms with E-state index in [1.165, 1.54) is 17.4 Å². The highest BCUT2D eigenvalue weighted by atomic mass is 16.7. The zero-order valence-corrected chi connectivity index (χ0v) is 14.7. The fourth-order valence-corrected chi connectivity index (χ4v) is 3.36. The molecular weight excluding hydrogens is 320 g/mol. The average Bonchev–Trinajstić information content (AvgIpc) is 3.13. The summed E-state index contributed by atoms with van der Waals surface area (Å²) < 4.78 is 15.8. The minimum absolute atomic E-state index is 0.0730. The number of benzene rings is 1. The van der Waals surface area contributed by atoms with Crippen LogP contribution < -0.4 is 0 Å². The van der Waals surface area contributed by atoms with Crippen molar-refractivity contribution in [3.8, 4) is 0 Å². The fraction of sp³-hybridized carbons (Fsp3) is 0.400. The van der Waals surface area contributed by atoms with E-state index in [1.807, 2.05) is 12.1 Å². The van der Waals surface area contributed by atoms with Gasteiger partial charge in [0, 0.05) is 17.6 Å². The van der Waals surface area contributed by atoms with Crippen LogP contribution in [0.3, 0.4) is 0 Å². The Balaban J connectivity index is 1.87. The largest absolute Gasteiger partial charge is 0.463 e. The van der Waals surface area contributed by atoms with Gasteiger partial charge < -0.3 is 14.2 Å². The maximum Gasteiger partial charge on any atom is 0.337 e. The molecule has 132 valence electrons. The summed E-state index contributed by atoms with van der Waals surface area (Å²) >= 11 is 0. The van der Waals surface area contributed by atoms with Gasteiger partial charge in [-0.2, -0.15) is 0 Å². The van der Waals surface area contributed by atoms with Gasteiger partial charge in [-0.1, -0.05) is 18.2 Å². The Morgan fingerprint density at radius 2 is 2.16 bits per heavy atom. The van der Waals surface area contributed by atoms with Crippen LogP contribution in [0.2, 0.25) is 0 Å². The predicted molar refractivity (Wildman–Crippen MR) is 91.7 cm³/mol. The van der Waals surface area contributed by atoms with Crippen LogP contribution in [-0.2, 0) is 30.2 Å². The number of esters is 2. The number of rotatable bonds is 5. The van der Waals surface area contributed by atoms with Crippen LogP contribution in [0.1, 0.15) is 42.9 Å². The van der Waals surface area contributed by atoms with E-state index in [-0.39, 0.29) is 5.92 Å². The molecule has 0 N–H and O–H groups in total. The quantitative estimate of drug-likeness (QED) is 0.467. The molecule has 1 aliphatic carbocycles. The van der Waals surface area contributed by atoms with Crippen molar-refractivity contribution in [1.29, 1.82) is 0 Å². The van der Waals surface area contributed by atoms with Gasteiger partial charge in [-0.05, 0) is 50.3 Å². The summed E-state index contributed by atoms with van der Waals surface area (Å²) in [6, 6.07) is 6.13.